The van der Waals surface area contributed by atoms with Crippen LogP contribution in [0.15, 0.2) is 79.3 Å². The number of methoxy groups -OCH3 is 4. The Morgan fingerprint density at radius 2 is 1.50 bits per heavy atom. The first kappa shape index (κ1) is 39.0. The van der Waals surface area contributed by atoms with Crippen molar-refractivity contribution in [1.82, 2.24) is 19.5 Å². The van der Waals surface area contributed by atoms with Gasteiger partial charge in [0, 0.05) is 61.0 Å². The fourth-order valence-electron chi connectivity index (χ4n) is 8.15. The van der Waals surface area contributed by atoms with Crippen molar-refractivity contribution in [3.8, 4) is 28.7 Å². The molecule has 3 aromatic heterocycles. The largest absolute Gasteiger partial charge is 0.497 e. The van der Waals surface area contributed by atoms with Gasteiger partial charge in [-0.15, -0.1) is 0 Å². The van der Waals surface area contributed by atoms with Crippen LogP contribution < -0.4 is 33.9 Å². The van der Waals surface area contributed by atoms with Gasteiger partial charge in [-0.05, 0) is 72.9 Å². The predicted octanol–water partition coefficient (Wildman–Crippen LogP) is 6.62. The molecule has 0 unspecified atom stereocenters. The summed E-state index contributed by atoms with van der Waals surface area (Å²) in [5.41, 5.74) is 4.41. The van der Waals surface area contributed by atoms with Gasteiger partial charge in [-0.1, -0.05) is 12.8 Å². The number of ether oxygens (including phenoxy) is 6. The molecule has 0 spiro atoms. The molecule has 2 aliphatic rings. The Hall–Kier alpha value is -5.83. The number of nitrogens with zero attached hydrogens (tertiary/aromatic N) is 5. The lowest BCUT2D eigenvalue weighted by Crippen LogP contribution is -2.34. The third-order valence-electron chi connectivity index (χ3n) is 11.3. The molecule has 1 saturated carbocycles. The molecule has 3 aromatic carbocycles. The second kappa shape index (κ2) is 16.9. The first-order valence-electron chi connectivity index (χ1n) is 19.6. The van der Waals surface area contributed by atoms with Gasteiger partial charge in [0.15, 0.2) is 6.23 Å². The number of aliphatic hydroxyl groups excluding tert-OH is 2. The van der Waals surface area contributed by atoms with E-state index in [2.05, 4.69) is 10.3 Å². The van der Waals surface area contributed by atoms with Crippen molar-refractivity contribution >= 4 is 33.6 Å². The zero-order valence-corrected chi connectivity index (χ0v) is 33.4. The summed E-state index contributed by atoms with van der Waals surface area (Å²) in [6, 6.07) is 21.2. The van der Waals surface area contributed by atoms with E-state index in [1.807, 2.05) is 89.4 Å². The number of benzene rings is 3. The van der Waals surface area contributed by atoms with Gasteiger partial charge >= 0.3 is 0 Å². The Labute approximate surface area is 337 Å². The van der Waals surface area contributed by atoms with Crippen LogP contribution in [0, 0.1) is 0 Å². The zero-order valence-electron chi connectivity index (χ0n) is 33.4. The first-order chi connectivity index (χ1) is 28.3. The number of hydrogen-bond acceptors (Lipinski definition) is 13. The molecule has 1 saturated heterocycles. The number of nitrogens with one attached hydrogen (secondary N) is 1. The monoisotopic (exact) mass is 790 g/mol. The number of aliphatic hydroxyl groups is 2. The van der Waals surface area contributed by atoms with E-state index in [0.29, 0.717) is 47.7 Å². The summed E-state index contributed by atoms with van der Waals surface area (Å²) in [4.78, 5) is 16.3. The average molecular weight is 791 g/mol. The summed E-state index contributed by atoms with van der Waals surface area (Å²) in [7, 11) is 8.52. The Morgan fingerprint density at radius 3 is 2.22 bits per heavy atom. The van der Waals surface area contributed by atoms with Crippen molar-refractivity contribution in [3.05, 3.63) is 95.9 Å². The molecule has 3 N–H and O–H groups in total. The third kappa shape index (κ3) is 7.74. The second-order valence-corrected chi connectivity index (χ2v) is 14.8. The van der Waals surface area contributed by atoms with Gasteiger partial charge in [0.1, 0.15) is 77.3 Å². The van der Waals surface area contributed by atoms with Gasteiger partial charge in [0.05, 0.1) is 39.3 Å². The van der Waals surface area contributed by atoms with Gasteiger partial charge in [0.2, 0.25) is 0 Å². The highest BCUT2D eigenvalue weighted by atomic mass is 16.6. The Kier molecular flexibility index (Phi) is 11.4. The lowest BCUT2D eigenvalue weighted by Gasteiger charge is -2.20. The van der Waals surface area contributed by atoms with Crippen LogP contribution >= 0.6 is 0 Å². The molecular weight excluding hydrogens is 741 g/mol. The molecule has 58 heavy (non-hydrogen) atoms. The van der Waals surface area contributed by atoms with Crippen molar-refractivity contribution in [2.75, 3.05) is 52.3 Å². The van der Waals surface area contributed by atoms with Crippen LogP contribution in [0.25, 0.3) is 21.9 Å². The number of pyridine rings is 1. The van der Waals surface area contributed by atoms with Crippen molar-refractivity contribution in [3.63, 3.8) is 0 Å². The Bertz CT molecular complexity index is 2380. The number of anilines is 2. The lowest BCUT2D eigenvalue weighted by atomic mass is 9.98. The Balaban J connectivity index is 0.994. The van der Waals surface area contributed by atoms with E-state index in [-0.39, 0.29) is 6.61 Å². The maximum absolute atomic E-state index is 11.5. The van der Waals surface area contributed by atoms with Crippen molar-refractivity contribution in [2.24, 2.45) is 0 Å². The summed E-state index contributed by atoms with van der Waals surface area (Å²) >= 11 is 0. The molecule has 0 bridgehead atoms. The van der Waals surface area contributed by atoms with Gasteiger partial charge in [-0.2, -0.15) is 0 Å². The van der Waals surface area contributed by atoms with Crippen LogP contribution in [-0.2, 0) is 17.8 Å². The maximum Gasteiger partial charge on any atom is 0.164 e. The van der Waals surface area contributed by atoms with Gasteiger partial charge in [0.25, 0.3) is 0 Å². The van der Waals surface area contributed by atoms with Crippen molar-refractivity contribution < 1.29 is 38.6 Å². The lowest BCUT2D eigenvalue weighted by molar-refractivity contribution is -0.0472. The third-order valence-corrected chi connectivity index (χ3v) is 11.3. The fraction of sp³-hybridized carbons (Fsp3) is 0.386. The molecule has 8 rings (SSSR count). The van der Waals surface area contributed by atoms with Crippen LogP contribution in [-0.4, -0.2) is 90.1 Å². The molecule has 1 aliphatic carbocycles. The minimum absolute atomic E-state index is 0.0112. The quantitative estimate of drug-likeness (QED) is 0.102. The highest BCUT2D eigenvalue weighted by Gasteiger charge is 2.45. The molecule has 1 aliphatic heterocycles. The minimum Gasteiger partial charge on any atom is -0.497 e. The molecule has 14 heteroatoms. The first-order valence-corrected chi connectivity index (χ1v) is 19.6. The van der Waals surface area contributed by atoms with Crippen molar-refractivity contribution in [2.45, 2.75) is 69.2 Å². The summed E-state index contributed by atoms with van der Waals surface area (Å²) < 4.78 is 36.4. The van der Waals surface area contributed by atoms with E-state index in [1.165, 1.54) is 6.33 Å². The molecular formula is C44H50N6O8. The van der Waals surface area contributed by atoms with Crippen LogP contribution in [0.5, 0.6) is 28.7 Å². The summed E-state index contributed by atoms with van der Waals surface area (Å²) in [5, 5.41) is 28.1. The maximum atomic E-state index is 11.5. The summed E-state index contributed by atoms with van der Waals surface area (Å²) in [6.45, 7) is 1.04. The molecule has 14 nitrogen and oxygen atoms in total. The van der Waals surface area contributed by atoms with E-state index in [0.717, 1.165) is 76.0 Å². The molecule has 304 valence electrons. The van der Waals surface area contributed by atoms with E-state index in [9.17, 15) is 10.2 Å². The fourth-order valence-corrected chi connectivity index (χ4v) is 8.15. The molecule has 4 atom stereocenters. The van der Waals surface area contributed by atoms with Crippen LogP contribution in [0.4, 0.5) is 11.6 Å². The molecule has 4 heterocycles. The number of fused-ring (bicyclic) bond motifs is 2. The van der Waals surface area contributed by atoms with Crippen LogP contribution in [0.3, 0.4) is 0 Å². The highest BCUT2D eigenvalue weighted by Crippen LogP contribution is 2.43. The van der Waals surface area contributed by atoms with Crippen LogP contribution in [0.1, 0.15) is 54.5 Å². The SMILES string of the molecule is COc1ccc(CNc2ncnc3c2c(C2CCCC2)cn3[C@@H]2O[C@H](COc3ccc4ccc(N(C)Cc5ccc(OC)cc5OC)nc4c3)[C@@H](O)[C@H]2O)c(OC)c1. The van der Waals surface area contributed by atoms with Gasteiger partial charge in [-0.25, -0.2) is 15.0 Å². The molecule has 2 fully saturated rings. The highest BCUT2D eigenvalue weighted by molar-refractivity contribution is 5.91. The molecule has 6 aromatic rings. The summed E-state index contributed by atoms with van der Waals surface area (Å²) in [5.74, 6) is 5.21. The van der Waals surface area contributed by atoms with E-state index < -0.39 is 24.5 Å². The second-order valence-electron chi connectivity index (χ2n) is 14.8. The van der Waals surface area contributed by atoms with Crippen molar-refractivity contribution in [1.29, 1.82) is 0 Å². The topological polar surface area (TPSA) is 155 Å². The predicted molar refractivity (Wildman–Crippen MR) is 220 cm³/mol. The van der Waals surface area contributed by atoms with E-state index in [4.69, 9.17) is 38.4 Å². The Morgan fingerprint density at radius 1 is 0.810 bits per heavy atom. The zero-order chi connectivity index (χ0) is 40.3. The minimum atomic E-state index is -1.23. The smallest absolute Gasteiger partial charge is 0.164 e. The standard InChI is InChI=1S/C44H50N6O8/c1-49(22-29-12-15-31(54-3)20-36(29)56-5)38-17-13-27-10-16-32(18-34(27)48-38)57-24-37-40(51)41(52)44(58-37)50-23-33(26-8-6-7-9-26)39-42(46-25-47-43(39)50)45-21-28-11-14-30(53-2)19-35(28)55-4/h10-20,23,25-26,37,40-41,44,51-52H,6-9,21-22,24H2,1-5H3,(H,45,46,47)/t37-,40-,41-,44-/m1/s1. The van der Waals surface area contributed by atoms with E-state index >= 15 is 0 Å². The summed E-state index contributed by atoms with van der Waals surface area (Å²) in [6.07, 6.45) is 3.76. The molecule has 0 radical (unpaired) electrons. The average Bonchev–Trinajstić information content (AvgIpc) is 4.00. The number of hydrogen-bond donors (Lipinski definition) is 3. The van der Waals surface area contributed by atoms with Gasteiger partial charge in [-0.3, -0.25) is 0 Å². The molecule has 0 amide bonds. The number of rotatable bonds is 15. The number of aromatic nitrogens is 4. The normalized spacial score (nSPS) is 19.4. The van der Waals surface area contributed by atoms with E-state index in [1.54, 1.807) is 28.4 Å². The van der Waals surface area contributed by atoms with Gasteiger partial charge < -0.3 is 53.4 Å². The van der Waals surface area contributed by atoms with Crippen LogP contribution in [0.2, 0.25) is 0 Å².